The molecule has 20 heteroatoms. The molecule has 8 aromatic rings. The van der Waals surface area contributed by atoms with Crippen LogP contribution >= 0.6 is 0 Å². The number of aromatic nitrogens is 4. The number of piperazine rings is 1. The van der Waals surface area contributed by atoms with E-state index in [1.54, 1.807) is 43.0 Å². The number of phenolic OH excluding ortho intramolecular Hbond substituents is 2. The molecule has 8 N–H and O–H groups in total. The molecule has 4 fully saturated rings. The van der Waals surface area contributed by atoms with Gasteiger partial charge in [0.15, 0.2) is 0 Å². The second kappa shape index (κ2) is 21.9. The third kappa shape index (κ3) is 11.2. The maximum absolute atomic E-state index is 13.0. The molecule has 81 heavy (non-hydrogen) atoms. The van der Waals surface area contributed by atoms with Crippen LogP contribution in [0.4, 0.5) is 25.8 Å². The number of hydrogen-bond donors (Lipinski definition) is 8. The summed E-state index contributed by atoms with van der Waals surface area (Å²) in [7, 11) is 0. The van der Waals surface area contributed by atoms with Gasteiger partial charge in [-0.3, -0.25) is 30.3 Å². The summed E-state index contributed by atoms with van der Waals surface area (Å²) in [5.74, 6) is -0.973. The molecule has 9 amide bonds. The number of nitrogens with zero attached hydrogens (tertiary/aromatic N) is 6. The lowest BCUT2D eigenvalue weighted by molar-refractivity contribution is -0.121. The number of carbonyl (C=O) groups excluding carboxylic acids is 6. The van der Waals surface area contributed by atoms with Crippen molar-refractivity contribution in [3.8, 4) is 45.0 Å². The highest BCUT2D eigenvalue weighted by Gasteiger charge is 2.37. The molecule has 12 rings (SSSR count). The molecular formula is C61H56N12O8. The highest BCUT2D eigenvalue weighted by molar-refractivity contribution is 6.05. The Morgan fingerprint density at radius 2 is 1.10 bits per heavy atom. The molecule has 0 spiro atoms. The van der Waals surface area contributed by atoms with Gasteiger partial charge in [-0.15, -0.1) is 0 Å². The fourth-order valence-electron chi connectivity index (χ4n) is 11.4. The van der Waals surface area contributed by atoms with E-state index in [-0.39, 0.29) is 48.7 Å². The second-order valence-electron chi connectivity index (χ2n) is 20.8. The molecule has 4 aliphatic rings. The van der Waals surface area contributed by atoms with E-state index in [9.17, 15) is 39.0 Å². The van der Waals surface area contributed by atoms with Gasteiger partial charge in [0.2, 0.25) is 0 Å². The van der Waals surface area contributed by atoms with E-state index in [1.807, 2.05) is 124 Å². The number of imidazole rings is 2. The van der Waals surface area contributed by atoms with Gasteiger partial charge in [0.05, 0.1) is 24.0 Å². The van der Waals surface area contributed by atoms with Gasteiger partial charge < -0.3 is 45.1 Å². The van der Waals surface area contributed by atoms with E-state index in [1.165, 1.54) is 0 Å². The van der Waals surface area contributed by atoms with Crippen molar-refractivity contribution in [3.05, 3.63) is 192 Å². The van der Waals surface area contributed by atoms with E-state index in [0.29, 0.717) is 50.4 Å². The summed E-state index contributed by atoms with van der Waals surface area (Å²) in [6.45, 7) is 2.57. The van der Waals surface area contributed by atoms with E-state index >= 15 is 0 Å². The number of carbonyl (C=O) groups is 6. The van der Waals surface area contributed by atoms with Gasteiger partial charge in [-0.05, 0) is 93.9 Å². The summed E-state index contributed by atoms with van der Waals surface area (Å²) in [5.41, 5.74) is 12.0. The minimum atomic E-state index is -0.840. The molecule has 0 bridgehead atoms. The second-order valence-corrected chi connectivity index (χ2v) is 20.8. The topological polar surface area (TPSA) is 257 Å². The first kappa shape index (κ1) is 51.5. The predicted octanol–water partition coefficient (Wildman–Crippen LogP) is 5.97. The summed E-state index contributed by atoms with van der Waals surface area (Å²) < 4.78 is 3.96. The average Bonchev–Trinajstić information content (AvgIpc) is 4.47. The van der Waals surface area contributed by atoms with Crippen molar-refractivity contribution in [1.82, 2.24) is 51.0 Å². The third-order valence-corrected chi connectivity index (χ3v) is 15.4. The van der Waals surface area contributed by atoms with E-state index in [2.05, 4.69) is 41.7 Å². The smallest absolute Gasteiger partial charge is 0.322 e. The van der Waals surface area contributed by atoms with Crippen LogP contribution in [0.25, 0.3) is 33.5 Å². The molecule has 4 unspecified atom stereocenters. The van der Waals surface area contributed by atoms with Crippen molar-refractivity contribution in [3.63, 3.8) is 0 Å². The van der Waals surface area contributed by atoms with Gasteiger partial charge in [-0.1, -0.05) is 91.0 Å². The Bertz CT molecular complexity index is 3750. The van der Waals surface area contributed by atoms with Crippen molar-refractivity contribution in [2.45, 2.75) is 62.9 Å². The highest BCUT2D eigenvalue weighted by Crippen LogP contribution is 2.34. The molecule has 4 aliphatic heterocycles. The molecular weight excluding hydrogens is 1030 g/mol. The van der Waals surface area contributed by atoms with Crippen LogP contribution in [0.15, 0.2) is 158 Å². The highest BCUT2D eigenvalue weighted by atomic mass is 16.3. The molecule has 0 radical (unpaired) electrons. The zero-order valence-electron chi connectivity index (χ0n) is 43.7. The maximum Gasteiger partial charge on any atom is 0.322 e. The van der Waals surface area contributed by atoms with Crippen molar-refractivity contribution < 1.29 is 39.0 Å². The van der Waals surface area contributed by atoms with Gasteiger partial charge in [-0.25, -0.2) is 24.4 Å². The Kier molecular flexibility index (Phi) is 13.9. The van der Waals surface area contributed by atoms with Crippen molar-refractivity contribution in [1.29, 1.82) is 0 Å². The molecule has 0 saturated carbocycles. The van der Waals surface area contributed by atoms with Crippen LogP contribution in [0.1, 0.15) is 40.2 Å². The fraction of sp³-hybridized carbons (Fsp3) is 0.213. The monoisotopic (exact) mass is 1080 g/mol. The number of aromatic hydroxyl groups is 2. The molecule has 2 aromatic heterocycles. The van der Waals surface area contributed by atoms with Crippen LogP contribution in [0.3, 0.4) is 0 Å². The van der Waals surface area contributed by atoms with Crippen LogP contribution in [0.5, 0.6) is 11.5 Å². The van der Waals surface area contributed by atoms with Gasteiger partial charge in [0.25, 0.3) is 17.7 Å². The Morgan fingerprint density at radius 1 is 0.481 bits per heavy atom. The standard InChI is InChI=1S/C61H56N12O8/c74-47-11-5-10-45(27-47)73-21-20-70(33-46(73)28-50-56(76)67-59(79)64-50)44-18-16-40(17-19-44)43-22-38(23-48(75)26-43)32-72-35-63-55(54(72)30-52-58(78)69-61(81)66-52)42-9-4-8-41(25-42)39-14-12-37(13-15-39)31-71-34-62-49(24-36-6-2-1-3-7-36)53(71)29-51-57(77)68-60(80)65-51/h1-19,22-23,25-27,34-35,46,50-52,74-75H,20-21,24,28-33H2,(H2,64,67,76,79)(H2,65,68,77,80)(H2,66,69,78,81). The first-order valence-electron chi connectivity index (χ1n) is 26.7. The molecule has 0 aliphatic carbocycles. The summed E-state index contributed by atoms with van der Waals surface area (Å²) in [4.78, 5) is 88.8. The van der Waals surface area contributed by atoms with Crippen LogP contribution in [0, 0.1) is 0 Å². The van der Waals surface area contributed by atoms with E-state index in [0.717, 1.165) is 67.3 Å². The largest absolute Gasteiger partial charge is 0.508 e. The lowest BCUT2D eigenvalue weighted by Gasteiger charge is -2.44. The molecule has 4 atom stereocenters. The van der Waals surface area contributed by atoms with E-state index < -0.39 is 42.1 Å². The van der Waals surface area contributed by atoms with Crippen LogP contribution in [0.2, 0.25) is 0 Å². The van der Waals surface area contributed by atoms with Gasteiger partial charge >= 0.3 is 18.1 Å². The molecule has 20 nitrogen and oxygen atoms in total. The Hall–Kier alpha value is -10.2. The van der Waals surface area contributed by atoms with Crippen LogP contribution < -0.4 is 41.7 Å². The third-order valence-electron chi connectivity index (χ3n) is 15.4. The van der Waals surface area contributed by atoms with Crippen molar-refractivity contribution in [2.24, 2.45) is 0 Å². The fourth-order valence-corrected chi connectivity index (χ4v) is 11.4. The maximum atomic E-state index is 13.0. The van der Waals surface area contributed by atoms with Crippen LogP contribution in [-0.2, 0) is 46.7 Å². The molecule has 6 aromatic carbocycles. The average molecular weight is 1090 g/mol. The number of nitrogens with one attached hydrogen (secondary N) is 6. The van der Waals surface area contributed by atoms with Crippen LogP contribution in [-0.4, -0.2) is 109 Å². The molecule has 408 valence electrons. The summed E-state index contributed by atoms with van der Waals surface area (Å²) in [6.07, 6.45) is 4.85. The molecule has 6 heterocycles. The summed E-state index contributed by atoms with van der Waals surface area (Å²) in [5, 5.41) is 36.7. The number of urea groups is 3. The van der Waals surface area contributed by atoms with E-state index in [4.69, 9.17) is 9.97 Å². The normalized spacial score (nSPS) is 18.8. The number of hydrogen-bond acceptors (Lipinski definition) is 12. The zero-order chi connectivity index (χ0) is 55.7. The molecule has 4 saturated heterocycles. The quantitative estimate of drug-likeness (QED) is 0.0491. The lowest BCUT2D eigenvalue weighted by Crippen LogP contribution is -2.55. The Labute approximate surface area is 464 Å². The van der Waals surface area contributed by atoms with Gasteiger partial charge in [0, 0.05) is 92.4 Å². The first-order chi connectivity index (χ1) is 39.3. The Morgan fingerprint density at radius 3 is 1.79 bits per heavy atom. The predicted molar refractivity (Wildman–Crippen MR) is 301 cm³/mol. The van der Waals surface area contributed by atoms with Crippen molar-refractivity contribution in [2.75, 3.05) is 29.4 Å². The van der Waals surface area contributed by atoms with Crippen molar-refractivity contribution >= 4 is 47.2 Å². The lowest BCUT2D eigenvalue weighted by atomic mass is 9.98. The zero-order valence-corrected chi connectivity index (χ0v) is 43.7. The first-order valence-corrected chi connectivity index (χ1v) is 26.7. The Balaban J connectivity index is 0.773. The number of phenols is 2. The van der Waals surface area contributed by atoms with Gasteiger partial charge in [0.1, 0.15) is 29.6 Å². The minimum absolute atomic E-state index is 0.0648. The number of anilines is 2. The number of benzene rings is 6. The number of imide groups is 3. The number of amides is 9. The minimum Gasteiger partial charge on any atom is -0.508 e. The summed E-state index contributed by atoms with van der Waals surface area (Å²) >= 11 is 0. The SMILES string of the molecule is O=C1NC(=O)C(Cc2c(Cc3ccccc3)ncn2Cc2ccc(-c3cccc(-c4ncn(Cc5cc(O)cc(-c6ccc(N7CCN(c8cccc(O)c8)C(CC8NC(=O)NC8=O)C7)cc6)c5)c4CC4NC(=O)NC4=O)c3)cc2)N1. The van der Waals surface area contributed by atoms with Gasteiger partial charge in [-0.2, -0.15) is 0 Å². The summed E-state index contributed by atoms with van der Waals surface area (Å²) in [6, 6.07) is 42.6. The number of rotatable bonds is 17.